The fourth-order valence-corrected chi connectivity index (χ4v) is 1.88. The Hall–Kier alpha value is -1.26. The first-order chi connectivity index (χ1) is 9.40. The molecule has 0 bridgehead atoms. The highest BCUT2D eigenvalue weighted by Gasteiger charge is 2.11. The third-order valence-corrected chi connectivity index (χ3v) is 3.46. The topological polar surface area (TPSA) is 61.4 Å². The Balaban J connectivity index is 2.33. The predicted octanol–water partition coefficient (Wildman–Crippen LogP) is 3.11. The largest absolute Gasteiger partial charge is 0.393 e. The van der Waals surface area contributed by atoms with E-state index >= 15 is 0 Å². The van der Waals surface area contributed by atoms with Gasteiger partial charge in [0.1, 0.15) is 0 Å². The van der Waals surface area contributed by atoms with E-state index < -0.39 is 0 Å². The molecular formula is C15H23ClN2O2. The number of halogens is 1. The van der Waals surface area contributed by atoms with Gasteiger partial charge in [-0.1, -0.05) is 37.6 Å². The Bertz CT molecular complexity index is 420. The molecular weight excluding hydrogens is 276 g/mol. The maximum Gasteiger partial charge on any atom is 0.315 e. The zero-order valence-corrected chi connectivity index (χ0v) is 12.9. The number of urea groups is 1. The van der Waals surface area contributed by atoms with E-state index in [1.807, 2.05) is 32.9 Å². The summed E-state index contributed by atoms with van der Waals surface area (Å²) in [6.07, 6.45) is 0.171. The molecule has 2 atom stereocenters. The second-order valence-electron chi connectivity index (χ2n) is 5.27. The number of amides is 2. The number of hydrogen-bond donors (Lipinski definition) is 3. The Labute approximate surface area is 125 Å². The second-order valence-corrected chi connectivity index (χ2v) is 5.71. The predicted molar refractivity (Wildman–Crippen MR) is 81.9 cm³/mol. The molecule has 0 aliphatic rings. The molecule has 1 aromatic carbocycles. The Kier molecular flexibility index (Phi) is 6.82. The summed E-state index contributed by atoms with van der Waals surface area (Å²) in [7, 11) is 0. The van der Waals surface area contributed by atoms with Crippen LogP contribution in [0.4, 0.5) is 4.79 Å². The molecule has 0 aliphatic carbocycles. The van der Waals surface area contributed by atoms with Gasteiger partial charge in [-0.2, -0.15) is 0 Å². The number of nitrogens with one attached hydrogen (secondary N) is 2. The SMILES string of the molecule is CC(NC(=O)NCCC(O)C(C)C)c1ccc(Cl)cc1. The summed E-state index contributed by atoms with van der Waals surface area (Å²) < 4.78 is 0. The molecule has 1 aromatic rings. The van der Waals surface area contributed by atoms with Crippen LogP contribution < -0.4 is 10.6 Å². The van der Waals surface area contributed by atoms with E-state index in [0.29, 0.717) is 18.0 Å². The molecule has 0 saturated carbocycles. The Morgan fingerprint density at radius 3 is 2.40 bits per heavy atom. The van der Waals surface area contributed by atoms with Crippen LogP contribution in [-0.4, -0.2) is 23.8 Å². The van der Waals surface area contributed by atoms with Gasteiger partial charge in [0, 0.05) is 11.6 Å². The molecule has 5 heteroatoms. The molecule has 0 spiro atoms. The first-order valence-corrected chi connectivity index (χ1v) is 7.26. The van der Waals surface area contributed by atoms with Crippen molar-refractivity contribution in [2.45, 2.75) is 39.3 Å². The number of carbonyl (C=O) groups is 1. The van der Waals surface area contributed by atoms with E-state index in [1.54, 1.807) is 12.1 Å². The van der Waals surface area contributed by atoms with Gasteiger partial charge >= 0.3 is 6.03 Å². The van der Waals surface area contributed by atoms with Crippen LogP contribution in [0.1, 0.15) is 38.8 Å². The summed E-state index contributed by atoms with van der Waals surface area (Å²) in [4.78, 5) is 11.7. The fourth-order valence-electron chi connectivity index (χ4n) is 1.75. The van der Waals surface area contributed by atoms with E-state index in [4.69, 9.17) is 11.6 Å². The Morgan fingerprint density at radius 2 is 1.85 bits per heavy atom. The number of aliphatic hydroxyl groups is 1. The molecule has 0 saturated heterocycles. The summed E-state index contributed by atoms with van der Waals surface area (Å²) >= 11 is 5.82. The van der Waals surface area contributed by atoms with Gasteiger partial charge in [0.2, 0.25) is 0 Å². The third kappa shape index (κ3) is 5.80. The molecule has 2 amide bonds. The summed E-state index contributed by atoms with van der Waals surface area (Å²) in [6, 6.07) is 7.04. The molecule has 0 radical (unpaired) electrons. The minimum Gasteiger partial charge on any atom is -0.393 e. The minimum absolute atomic E-state index is 0.0951. The second kappa shape index (κ2) is 8.12. The van der Waals surface area contributed by atoms with Crippen molar-refractivity contribution in [2.75, 3.05) is 6.54 Å². The van der Waals surface area contributed by atoms with Crippen LogP contribution in [0, 0.1) is 5.92 Å². The van der Waals surface area contributed by atoms with Crippen LogP contribution in [0.5, 0.6) is 0 Å². The van der Waals surface area contributed by atoms with Crippen molar-refractivity contribution in [3.8, 4) is 0 Å². The smallest absolute Gasteiger partial charge is 0.315 e. The first-order valence-electron chi connectivity index (χ1n) is 6.88. The summed E-state index contributed by atoms with van der Waals surface area (Å²) in [5, 5.41) is 15.9. The first kappa shape index (κ1) is 16.8. The van der Waals surface area contributed by atoms with Crippen molar-refractivity contribution >= 4 is 17.6 Å². The quantitative estimate of drug-likeness (QED) is 0.756. The van der Waals surface area contributed by atoms with Gasteiger partial charge in [-0.3, -0.25) is 0 Å². The molecule has 20 heavy (non-hydrogen) atoms. The molecule has 0 aromatic heterocycles. The Morgan fingerprint density at radius 1 is 1.25 bits per heavy atom. The average molecular weight is 299 g/mol. The van der Waals surface area contributed by atoms with Crippen molar-refractivity contribution in [3.63, 3.8) is 0 Å². The molecule has 2 unspecified atom stereocenters. The van der Waals surface area contributed by atoms with E-state index in [-0.39, 0.29) is 24.1 Å². The minimum atomic E-state index is -0.385. The highest BCUT2D eigenvalue weighted by Crippen LogP contribution is 2.15. The van der Waals surface area contributed by atoms with Crippen LogP contribution in [0.2, 0.25) is 5.02 Å². The maximum atomic E-state index is 11.7. The van der Waals surface area contributed by atoms with Crippen molar-refractivity contribution in [3.05, 3.63) is 34.9 Å². The van der Waals surface area contributed by atoms with Crippen LogP contribution in [-0.2, 0) is 0 Å². The van der Waals surface area contributed by atoms with Crippen LogP contribution >= 0.6 is 11.6 Å². The maximum absolute atomic E-state index is 11.7. The zero-order chi connectivity index (χ0) is 15.1. The number of benzene rings is 1. The summed E-state index contributed by atoms with van der Waals surface area (Å²) in [6.45, 7) is 6.27. The van der Waals surface area contributed by atoms with Crippen LogP contribution in [0.3, 0.4) is 0 Å². The van der Waals surface area contributed by atoms with Gasteiger partial charge in [-0.25, -0.2) is 4.79 Å². The van der Waals surface area contributed by atoms with Gasteiger partial charge in [-0.05, 0) is 37.0 Å². The lowest BCUT2D eigenvalue weighted by Crippen LogP contribution is -2.38. The molecule has 4 nitrogen and oxygen atoms in total. The standard InChI is InChI=1S/C15H23ClN2O2/c1-10(2)14(19)8-9-17-15(20)18-11(3)12-4-6-13(16)7-5-12/h4-7,10-11,14,19H,8-9H2,1-3H3,(H2,17,18,20). The van der Waals surface area contributed by atoms with Gasteiger partial charge in [0.05, 0.1) is 12.1 Å². The fraction of sp³-hybridized carbons (Fsp3) is 0.533. The van der Waals surface area contributed by atoms with Gasteiger partial charge in [0.15, 0.2) is 0 Å². The third-order valence-electron chi connectivity index (χ3n) is 3.21. The number of rotatable bonds is 6. The van der Waals surface area contributed by atoms with Crippen molar-refractivity contribution < 1.29 is 9.90 Å². The number of hydrogen-bond acceptors (Lipinski definition) is 2. The van der Waals surface area contributed by atoms with E-state index in [1.165, 1.54) is 0 Å². The zero-order valence-electron chi connectivity index (χ0n) is 12.2. The lowest BCUT2D eigenvalue weighted by atomic mass is 10.0. The molecule has 0 aliphatic heterocycles. The highest BCUT2D eigenvalue weighted by atomic mass is 35.5. The highest BCUT2D eigenvalue weighted by molar-refractivity contribution is 6.30. The molecule has 0 heterocycles. The molecule has 112 valence electrons. The monoisotopic (exact) mass is 298 g/mol. The normalized spacial score (nSPS) is 13.9. The average Bonchev–Trinajstić information content (AvgIpc) is 2.39. The van der Waals surface area contributed by atoms with Gasteiger partial charge < -0.3 is 15.7 Å². The molecule has 1 rings (SSSR count). The number of carbonyl (C=O) groups excluding carboxylic acids is 1. The molecule has 0 fully saturated rings. The van der Waals surface area contributed by atoms with Gasteiger partial charge in [-0.15, -0.1) is 0 Å². The van der Waals surface area contributed by atoms with E-state index in [0.717, 1.165) is 5.56 Å². The van der Waals surface area contributed by atoms with Crippen LogP contribution in [0.15, 0.2) is 24.3 Å². The van der Waals surface area contributed by atoms with Crippen molar-refractivity contribution in [2.24, 2.45) is 5.92 Å². The van der Waals surface area contributed by atoms with Gasteiger partial charge in [0.25, 0.3) is 0 Å². The van der Waals surface area contributed by atoms with E-state index in [9.17, 15) is 9.90 Å². The number of aliphatic hydroxyl groups excluding tert-OH is 1. The van der Waals surface area contributed by atoms with Crippen LogP contribution in [0.25, 0.3) is 0 Å². The summed E-state index contributed by atoms with van der Waals surface area (Å²) in [5.41, 5.74) is 0.992. The van der Waals surface area contributed by atoms with Crippen molar-refractivity contribution in [1.82, 2.24) is 10.6 Å². The lowest BCUT2D eigenvalue weighted by molar-refractivity contribution is 0.116. The van der Waals surface area contributed by atoms with Crippen molar-refractivity contribution in [1.29, 1.82) is 0 Å². The van der Waals surface area contributed by atoms with E-state index in [2.05, 4.69) is 10.6 Å². The summed E-state index contributed by atoms with van der Waals surface area (Å²) in [5.74, 6) is 0.202. The molecule has 3 N–H and O–H groups in total. The lowest BCUT2D eigenvalue weighted by Gasteiger charge is -2.17.